The van der Waals surface area contributed by atoms with Crippen molar-refractivity contribution in [2.45, 2.75) is 31.5 Å². The molecule has 2 amide bonds. The lowest BCUT2D eigenvalue weighted by molar-refractivity contribution is -0.274. The second kappa shape index (κ2) is 10.9. The minimum atomic E-state index is -4.76. The fourth-order valence-corrected chi connectivity index (χ4v) is 4.38. The quantitative estimate of drug-likeness (QED) is 0.527. The zero-order chi connectivity index (χ0) is 26.6. The molecule has 1 aliphatic rings. The molecule has 3 aromatic rings. The van der Waals surface area contributed by atoms with Crippen LogP contribution in [0.1, 0.15) is 40.4 Å². The molecule has 0 atom stereocenters. The van der Waals surface area contributed by atoms with E-state index in [1.807, 2.05) is 24.3 Å². The summed E-state index contributed by atoms with van der Waals surface area (Å²) in [5.74, 6) is -0.516. The van der Waals surface area contributed by atoms with Crippen molar-refractivity contribution in [2.24, 2.45) is 7.05 Å². The Balaban J connectivity index is 1.28. The summed E-state index contributed by atoms with van der Waals surface area (Å²) >= 11 is 0. The molecule has 2 aromatic carbocycles. The smallest absolute Gasteiger partial charge is 0.406 e. The number of aromatic nitrogens is 1. The number of hydrogen-bond acceptors (Lipinski definition) is 4. The van der Waals surface area contributed by atoms with Crippen LogP contribution in [0.25, 0.3) is 0 Å². The van der Waals surface area contributed by atoms with Gasteiger partial charge >= 0.3 is 6.36 Å². The van der Waals surface area contributed by atoms with Crippen molar-refractivity contribution in [1.29, 1.82) is 0 Å². The Hall–Kier alpha value is -4.08. The van der Waals surface area contributed by atoms with Gasteiger partial charge in [0.15, 0.2) is 5.43 Å². The first-order valence-corrected chi connectivity index (χ1v) is 11.8. The topological polar surface area (TPSA) is 80.6 Å². The summed E-state index contributed by atoms with van der Waals surface area (Å²) in [6, 6.07) is 15.5. The van der Waals surface area contributed by atoms with Crippen LogP contribution in [0.4, 0.5) is 18.9 Å². The molecule has 0 radical (unpaired) electrons. The number of carbonyl (C=O) groups is 2. The largest absolute Gasteiger partial charge is 0.573 e. The van der Waals surface area contributed by atoms with E-state index >= 15 is 0 Å². The second-order valence-corrected chi connectivity index (χ2v) is 8.96. The van der Waals surface area contributed by atoms with Crippen molar-refractivity contribution >= 4 is 17.5 Å². The monoisotopic (exact) mass is 513 g/mol. The van der Waals surface area contributed by atoms with E-state index in [-0.39, 0.29) is 35.3 Å². The molecule has 0 aliphatic carbocycles. The number of piperidine rings is 1. The second-order valence-electron chi connectivity index (χ2n) is 8.96. The number of likely N-dealkylation sites (tertiary alicyclic amines) is 1. The van der Waals surface area contributed by atoms with Crippen LogP contribution in [0, 0.1) is 0 Å². The predicted molar refractivity (Wildman–Crippen MR) is 131 cm³/mol. The van der Waals surface area contributed by atoms with E-state index in [0.29, 0.717) is 30.0 Å². The van der Waals surface area contributed by atoms with Gasteiger partial charge in [0.2, 0.25) is 5.91 Å². The highest BCUT2D eigenvalue weighted by atomic mass is 19.4. The van der Waals surface area contributed by atoms with Gasteiger partial charge < -0.3 is 19.5 Å². The average Bonchev–Trinajstić information content (AvgIpc) is 2.86. The van der Waals surface area contributed by atoms with Crippen molar-refractivity contribution in [3.8, 4) is 5.75 Å². The fraction of sp³-hybridized carbons (Fsp3) is 0.296. The molecular weight excluding hydrogens is 487 g/mol. The van der Waals surface area contributed by atoms with Crippen LogP contribution in [0.3, 0.4) is 0 Å². The van der Waals surface area contributed by atoms with E-state index < -0.39 is 6.36 Å². The van der Waals surface area contributed by atoms with Gasteiger partial charge in [-0.15, -0.1) is 13.2 Å². The van der Waals surface area contributed by atoms with Crippen LogP contribution in [-0.2, 0) is 18.3 Å². The number of halogens is 3. The maximum atomic E-state index is 12.8. The van der Waals surface area contributed by atoms with Crippen LogP contribution in [0.5, 0.6) is 5.75 Å². The van der Waals surface area contributed by atoms with Crippen molar-refractivity contribution in [2.75, 3.05) is 18.4 Å². The number of aryl methyl sites for hydroxylation is 1. The summed E-state index contributed by atoms with van der Waals surface area (Å²) in [6.45, 7) is 1.16. The molecule has 1 fully saturated rings. The van der Waals surface area contributed by atoms with E-state index in [4.69, 9.17) is 0 Å². The van der Waals surface area contributed by atoms with E-state index in [2.05, 4.69) is 10.1 Å². The average molecular weight is 514 g/mol. The van der Waals surface area contributed by atoms with Gasteiger partial charge in [0.1, 0.15) is 11.4 Å². The Morgan fingerprint density at radius 1 is 1.00 bits per heavy atom. The van der Waals surface area contributed by atoms with Gasteiger partial charge in [0.25, 0.3) is 5.91 Å². The third-order valence-corrected chi connectivity index (χ3v) is 6.31. The highest BCUT2D eigenvalue weighted by molar-refractivity contribution is 5.93. The first-order valence-electron chi connectivity index (χ1n) is 11.8. The summed E-state index contributed by atoms with van der Waals surface area (Å²) in [5.41, 5.74) is 2.45. The number of ether oxygens (including phenoxy) is 1. The summed E-state index contributed by atoms with van der Waals surface area (Å²) in [5, 5.41) is 2.79. The number of anilines is 1. The zero-order valence-corrected chi connectivity index (χ0v) is 20.1. The fourth-order valence-electron chi connectivity index (χ4n) is 4.38. The Kier molecular flexibility index (Phi) is 7.66. The first kappa shape index (κ1) is 26.0. The lowest BCUT2D eigenvalue weighted by atomic mass is 9.89. The number of amides is 2. The molecule has 0 saturated carbocycles. The lowest BCUT2D eigenvalue weighted by Crippen LogP contribution is -2.39. The van der Waals surface area contributed by atoms with E-state index in [1.165, 1.54) is 36.4 Å². The number of nitrogens with one attached hydrogen (secondary N) is 1. The Morgan fingerprint density at radius 2 is 1.65 bits per heavy atom. The van der Waals surface area contributed by atoms with Crippen molar-refractivity contribution in [1.82, 2.24) is 9.47 Å². The normalized spacial score (nSPS) is 14.3. The van der Waals surface area contributed by atoms with Crippen molar-refractivity contribution < 1.29 is 27.5 Å². The van der Waals surface area contributed by atoms with Gasteiger partial charge in [-0.05, 0) is 54.2 Å². The van der Waals surface area contributed by atoms with Crippen LogP contribution in [-0.4, -0.2) is 40.7 Å². The van der Waals surface area contributed by atoms with E-state index in [9.17, 15) is 27.6 Å². The molecule has 37 heavy (non-hydrogen) atoms. The minimum absolute atomic E-state index is 0.00749. The van der Waals surface area contributed by atoms with Crippen molar-refractivity contribution in [3.05, 3.63) is 93.9 Å². The molecule has 0 unspecified atom stereocenters. The zero-order valence-electron chi connectivity index (χ0n) is 20.1. The van der Waals surface area contributed by atoms with Crippen LogP contribution in [0.2, 0.25) is 0 Å². The Morgan fingerprint density at radius 3 is 2.27 bits per heavy atom. The first-order chi connectivity index (χ1) is 17.6. The highest BCUT2D eigenvalue weighted by Gasteiger charge is 2.31. The van der Waals surface area contributed by atoms with Crippen LogP contribution in [0.15, 0.2) is 71.7 Å². The predicted octanol–water partition coefficient (Wildman–Crippen LogP) is 4.48. The summed E-state index contributed by atoms with van der Waals surface area (Å²) in [4.78, 5) is 38.6. The molecule has 1 N–H and O–H groups in total. The molecule has 2 heterocycles. The maximum Gasteiger partial charge on any atom is 0.573 e. The van der Waals surface area contributed by atoms with Crippen LogP contribution >= 0.6 is 0 Å². The number of nitrogens with zero attached hydrogens (tertiary/aromatic N) is 2. The van der Waals surface area contributed by atoms with Gasteiger partial charge in [-0.1, -0.05) is 24.3 Å². The molecular formula is C27H26F3N3O4. The minimum Gasteiger partial charge on any atom is -0.406 e. The van der Waals surface area contributed by atoms with Gasteiger partial charge in [-0.25, -0.2) is 0 Å². The van der Waals surface area contributed by atoms with Gasteiger partial charge in [-0.2, -0.15) is 0 Å². The van der Waals surface area contributed by atoms with Gasteiger partial charge in [0.05, 0.1) is 6.42 Å². The molecule has 7 nitrogen and oxygen atoms in total. The number of benzene rings is 2. The molecule has 0 spiro atoms. The number of pyridine rings is 1. The van der Waals surface area contributed by atoms with E-state index in [0.717, 1.165) is 18.4 Å². The SMILES string of the molecule is Cn1ccc(=O)cc1C(=O)N1CCC(c2ccc(NC(=O)Cc3ccc(OC(F)(F)F)cc3)cc2)CC1. The molecule has 1 aliphatic heterocycles. The molecule has 1 aromatic heterocycles. The molecule has 1 saturated heterocycles. The molecule has 4 rings (SSSR count). The molecule has 10 heteroatoms. The van der Waals surface area contributed by atoms with E-state index in [1.54, 1.807) is 22.7 Å². The summed E-state index contributed by atoms with van der Waals surface area (Å²) < 4.78 is 42.3. The maximum absolute atomic E-state index is 12.8. The molecule has 194 valence electrons. The highest BCUT2D eigenvalue weighted by Crippen LogP contribution is 2.29. The number of rotatable bonds is 6. The summed E-state index contributed by atoms with van der Waals surface area (Å²) in [6.07, 6.45) is -1.60. The molecule has 0 bridgehead atoms. The standard InChI is InChI=1S/C27H26F3N3O4/c1-32-13-12-22(34)17-24(32)26(36)33-14-10-20(11-15-33)19-4-6-21(7-5-19)31-25(35)16-18-2-8-23(9-3-18)37-27(28,29)30/h2-9,12-13,17,20H,10-11,14-16H2,1H3,(H,31,35). The van der Waals surface area contributed by atoms with Gasteiger partial charge in [-0.3, -0.25) is 14.4 Å². The third kappa shape index (κ3) is 6.99. The Labute approximate surface area is 211 Å². The van der Waals surface area contributed by atoms with Crippen LogP contribution < -0.4 is 15.5 Å². The van der Waals surface area contributed by atoms with Gasteiger partial charge in [0, 0.05) is 44.2 Å². The lowest BCUT2D eigenvalue weighted by Gasteiger charge is -2.32. The third-order valence-electron chi connectivity index (χ3n) is 6.31. The number of alkyl halides is 3. The number of hydrogen-bond donors (Lipinski definition) is 1. The van der Waals surface area contributed by atoms with Crippen molar-refractivity contribution in [3.63, 3.8) is 0 Å². The Bertz CT molecular complexity index is 1310. The summed E-state index contributed by atoms with van der Waals surface area (Å²) in [7, 11) is 1.74. The number of carbonyl (C=O) groups excluding carboxylic acids is 2.